The van der Waals surface area contributed by atoms with Gasteiger partial charge < -0.3 is 15.2 Å². The highest BCUT2D eigenvalue weighted by Gasteiger charge is 2.25. The molecule has 0 aromatic heterocycles. The van der Waals surface area contributed by atoms with E-state index in [0.29, 0.717) is 18.1 Å². The number of ether oxygens (including phenoxy) is 1. The van der Waals surface area contributed by atoms with Crippen LogP contribution in [0.3, 0.4) is 0 Å². The summed E-state index contributed by atoms with van der Waals surface area (Å²) in [6.07, 6.45) is 12.9. The first-order valence-electron chi connectivity index (χ1n) is 15.2. The lowest BCUT2D eigenvalue weighted by molar-refractivity contribution is 0.0422. The number of benzene rings is 4. The Bertz CT molecular complexity index is 1380. The lowest BCUT2D eigenvalue weighted by Gasteiger charge is -2.27. The number of esters is 1. The summed E-state index contributed by atoms with van der Waals surface area (Å²) in [5, 5.41) is 9.76. The van der Waals surface area contributed by atoms with Crippen LogP contribution < -0.4 is 15.9 Å². The molecule has 1 fully saturated rings. The quantitative estimate of drug-likeness (QED) is 0.201. The van der Waals surface area contributed by atoms with Gasteiger partial charge in [-0.1, -0.05) is 112 Å². The molecule has 0 amide bonds. The number of anilines is 2. The van der Waals surface area contributed by atoms with Crippen LogP contribution in [0.4, 0.5) is 11.4 Å². The van der Waals surface area contributed by atoms with E-state index >= 15 is 0 Å². The van der Waals surface area contributed by atoms with Gasteiger partial charge in [0.15, 0.2) is 0 Å². The van der Waals surface area contributed by atoms with Gasteiger partial charge in [-0.05, 0) is 65.0 Å². The van der Waals surface area contributed by atoms with Crippen LogP contribution in [0.1, 0.15) is 74.6 Å². The van der Waals surface area contributed by atoms with Crippen LogP contribution in [0.2, 0.25) is 0 Å². The molecule has 4 aromatic carbocycles. The van der Waals surface area contributed by atoms with E-state index in [1.54, 1.807) is 0 Å². The van der Waals surface area contributed by atoms with E-state index in [0.717, 1.165) is 22.5 Å². The van der Waals surface area contributed by atoms with Crippen molar-refractivity contribution in [1.82, 2.24) is 0 Å². The SMILES string of the molecule is O=C(OCC1CCCCCCCCCC1)c1ccc(-c2ccc(B3Nc4cccc5cccc(c45)N3)cc2)cc1. The van der Waals surface area contributed by atoms with Crippen molar-refractivity contribution in [3.63, 3.8) is 0 Å². The molecule has 0 radical (unpaired) electrons. The number of hydrogen-bond donors (Lipinski definition) is 2. The Hall–Kier alpha value is -3.73. The molecule has 4 nitrogen and oxygen atoms in total. The second kappa shape index (κ2) is 12.6. The number of hydrogen-bond acceptors (Lipinski definition) is 4. The number of carbonyl (C=O) groups is 1. The van der Waals surface area contributed by atoms with Crippen LogP contribution in [0.5, 0.6) is 0 Å². The van der Waals surface area contributed by atoms with Gasteiger partial charge >= 0.3 is 13.0 Å². The maximum absolute atomic E-state index is 12.8. The molecule has 0 saturated heterocycles. The van der Waals surface area contributed by atoms with E-state index in [2.05, 4.69) is 71.1 Å². The zero-order chi connectivity index (χ0) is 27.1. The minimum atomic E-state index is -0.207. The van der Waals surface area contributed by atoms with E-state index in [-0.39, 0.29) is 13.0 Å². The summed E-state index contributed by atoms with van der Waals surface area (Å²) in [4.78, 5) is 12.8. The fraction of sp³-hybridized carbons (Fsp3) is 0.343. The lowest BCUT2D eigenvalue weighted by Crippen LogP contribution is -2.47. The molecule has 1 aliphatic heterocycles. The Morgan fingerprint density at radius 3 is 1.77 bits per heavy atom. The van der Waals surface area contributed by atoms with Crippen molar-refractivity contribution in [3.05, 3.63) is 90.5 Å². The first-order valence-corrected chi connectivity index (χ1v) is 15.2. The van der Waals surface area contributed by atoms with Crippen LogP contribution in [-0.4, -0.2) is 19.6 Å². The molecule has 4 aromatic rings. The Labute approximate surface area is 238 Å². The van der Waals surface area contributed by atoms with Crippen molar-refractivity contribution >= 4 is 40.6 Å². The Kier molecular flexibility index (Phi) is 8.37. The van der Waals surface area contributed by atoms with Crippen molar-refractivity contribution in [2.24, 2.45) is 5.92 Å². The summed E-state index contributed by atoms with van der Waals surface area (Å²) < 4.78 is 5.79. The van der Waals surface area contributed by atoms with Crippen LogP contribution in [0, 0.1) is 5.92 Å². The highest BCUT2D eigenvalue weighted by Crippen LogP contribution is 2.34. The summed E-state index contributed by atoms with van der Waals surface area (Å²) in [5.74, 6) is 0.287. The normalized spacial score (nSPS) is 16.4. The molecule has 2 N–H and O–H groups in total. The van der Waals surface area contributed by atoms with Crippen molar-refractivity contribution < 1.29 is 9.53 Å². The Morgan fingerprint density at radius 1 is 0.675 bits per heavy atom. The zero-order valence-electron chi connectivity index (χ0n) is 23.3. The summed E-state index contributed by atoms with van der Waals surface area (Å²) in [6, 6.07) is 29.2. The summed E-state index contributed by atoms with van der Waals surface area (Å²) in [5.41, 5.74) is 6.32. The van der Waals surface area contributed by atoms with Crippen LogP contribution in [0.25, 0.3) is 21.9 Å². The molecule has 0 spiro atoms. The van der Waals surface area contributed by atoms with Gasteiger partial charge in [0.1, 0.15) is 0 Å². The maximum atomic E-state index is 12.8. The highest BCUT2D eigenvalue weighted by molar-refractivity contribution is 6.80. The molecule has 1 aliphatic carbocycles. The van der Waals surface area contributed by atoms with Gasteiger partial charge in [-0.3, -0.25) is 0 Å². The number of carbonyl (C=O) groups excluding carboxylic acids is 1. The van der Waals surface area contributed by atoms with Gasteiger partial charge in [0, 0.05) is 16.8 Å². The van der Waals surface area contributed by atoms with E-state index in [4.69, 9.17) is 4.74 Å². The lowest BCUT2D eigenvalue weighted by atomic mass is 9.66. The average molecular weight is 531 g/mol. The Balaban J connectivity index is 1.06. The summed E-state index contributed by atoms with van der Waals surface area (Å²) >= 11 is 0. The number of rotatable bonds is 5. The van der Waals surface area contributed by atoms with Gasteiger partial charge in [0.05, 0.1) is 12.2 Å². The second-order valence-corrected chi connectivity index (χ2v) is 11.5. The molecule has 5 heteroatoms. The Morgan fingerprint density at radius 2 is 1.20 bits per heavy atom. The molecule has 204 valence electrons. The number of nitrogens with one attached hydrogen (secondary N) is 2. The first kappa shape index (κ1) is 26.5. The molecule has 0 bridgehead atoms. The van der Waals surface area contributed by atoms with E-state index in [1.807, 2.05) is 24.3 Å². The van der Waals surface area contributed by atoms with E-state index in [1.165, 1.54) is 80.4 Å². The smallest absolute Gasteiger partial charge is 0.406 e. The van der Waals surface area contributed by atoms with Gasteiger partial charge in [-0.15, -0.1) is 0 Å². The second-order valence-electron chi connectivity index (χ2n) is 11.5. The molecular formula is C35H39BN2O2. The largest absolute Gasteiger partial charge is 0.462 e. The van der Waals surface area contributed by atoms with Crippen molar-refractivity contribution in [2.45, 2.75) is 64.2 Å². The first-order chi connectivity index (χ1) is 19.7. The standard InChI is InChI=1S/C35H39BN2O2/c39-35(40-25-26-11-7-5-3-1-2-4-6-8-12-26)30-19-17-27(18-20-30)28-21-23-31(24-22-28)36-37-32-15-9-13-29-14-10-16-33(38-36)34(29)32/h9-10,13-24,26,37-38H,1-8,11-12,25H2. The van der Waals surface area contributed by atoms with Gasteiger partial charge in [0.25, 0.3) is 0 Å². The third-order valence-electron chi connectivity index (χ3n) is 8.63. The third kappa shape index (κ3) is 6.19. The fourth-order valence-electron chi connectivity index (χ4n) is 6.28. The highest BCUT2D eigenvalue weighted by atomic mass is 16.5. The molecule has 2 aliphatic rings. The van der Waals surface area contributed by atoms with E-state index < -0.39 is 0 Å². The van der Waals surface area contributed by atoms with Crippen LogP contribution in [-0.2, 0) is 4.74 Å². The molecule has 0 unspecified atom stereocenters. The monoisotopic (exact) mass is 530 g/mol. The zero-order valence-corrected chi connectivity index (χ0v) is 23.3. The minimum Gasteiger partial charge on any atom is -0.462 e. The van der Waals surface area contributed by atoms with E-state index in [9.17, 15) is 4.79 Å². The van der Waals surface area contributed by atoms with Crippen molar-refractivity contribution in [2.75, 3.05) is 17.1 Å². The maximum Gasteiger partial charge on any atom is 0.406 e. The molecule has 6 rings (SSSR count). The average Bonchev–Trinajstić information content (AvgIpc) is 3.06. The van der Waals surface area contributed by atoms with Gasteiger partial charge in [0.2, 0.25) is 0 Å². The van der Waals surface area contributed by atoms with Gasteiger partial charge in [-0.25, -0.2) is 4.79 Å². The molecule has 40 heavy (non-hydrogen) atoms. The minimum absolute atomic E-state index is 0.00259. The predicted octanol–water partition coefficient (Wildman–Crippen LogP) is 8.43. The molecule has 1 saturated carbocycles. The van der Waals surface area contributed by atoms with Crippen molar-refractivity contribution in [1.29, 1.82) is 0 Å². The fourth-order valence-corrected chi connectivity index (χ4v) is 6.28. The van der Waals surface area contributed by atoms with Crippen LogP contribution >= 0.6 is 0 Å². The summed E-state index contributed by atoms with van der Waals surface area (Å²) in [7, 11) is 0. The topological polar surface area (TPSA) is 50.4 Å². The van der Waals surface area contributed by atoms with Gasteiger partial charge in [-0.2, -0.15) is 0 Å². The summed E-state index contributed by atoms with van der Waals surface area (Å²) in [6.45, 7) is 0.548. The van der Waals surface area contributed by atoms with Crippen molar-refractivity contribution in [3.8, 4) is 11.1 Å². The van der Waals surface area contributed by atoms with Crippen LogP contribution in [0.15, 0.2) is 84.9 Å². The molecule has 1 heterocycles. The predicted molar refractivity (Wildman–Crippen MR) is 168 cm³/mol. The molecular weight excluding hydrogens is 491 g/mol. The third-order valence-corrected chi connectivity index (χ3v) is 8.63. The molecule has 0 atom stereocenters.